The van der Waals surface area contributed by atoms with Gasteiger partial charge in [0.2, 0.25) is 0 Å². The lowest BCUT2D eigenvalue weighted by molar-refractivity contribution is 1.11. The molecule has 0 aliphatic heterocycles. The summed E-state index contributed by atoms with van der Waals surface area (Å²) in [6.45, 7) is 2.11. The summed E-state index contributed by atoms with van der Waals surface area (Å²) in [4.78, 5) is 8.26. The standard InChI is InChI=1S/C13H15N3S/c1-3-10(6-7-14-2)16-11-4-5-13-12(8-11)15-9-17-13/h4-9,16H,3H2,1-2H3/b10-6+,14-7-. The van der Waals surface area contributed by atoms with Gasteiger partial charge in [-0.05, 0) is 30.7 Å². The summed E-state index contributed by atoms with van der Waals surface area (Å²) < 4.78 is 1.22. The lowest BCUT2D eigenvalue weighted by Gasteiger charge is -2.08. The molecule has 0 fully saturated rings. The lowest BCUT2D eigenvalue weighted by Crippen LogP contribution is -1.98. The number of aromatic nitrogens is 1. The third-order valence-electron chi connectivity index (χ3n) is 2.44. The highest BCUT2D eigenvalue weighted by Crippen LogP contribution is 2.22. The number of thiazole rings is 1. The predicted octanol–water partition coefficient (Wildman–Crippen LogP) is 3.70. The summed E-state index contributed by atoms with van der Waals surface area (Å²) in [6, 6.07) is 6.24. The SMILES string of the molecule is CC/C(=C\C=N/C)Nc1ccc2scnc2c1. The predicted molar refractivity (Wildman–Crippen MR) is 76.0 cm³/mol. The highest BCUT2D eigenvalue weighted by atomic mass is 32.1. The minimum absolute atomic E-state index is 0.946. The zero-order chi connectivity index (χ0) is 12.1. The fourth-order valence-corrected chi connectivity index (χ4v) is 2.19. The van der Waals surface area contributed by atoms with Crippen LogP contribution in [0.15, 0.2) is 40.5 Å². The van der Waals surface area contributed by atoms with Crippen LogP contribution in [0.2, 0.25) is 0 Å². The van der Waals surface area contributed by atoms with E-state index in [1.165, 1.54) is 4.70 Å². The van der Waals surface area contributed by atoms with Gasteiger partial charge in [0.05, 0.1) is 15.7 Å². The molecule has 2 rings (SSSR count). The molecule has 4 heteroatoms. The van der Waals surface area contributed by atoms with Crippen LogP contribution in [0.5, 0.6) is 0 Å². The molecule has 0 radical (unpaired) electrons. The van der Waals surface area contributed by atoms with E-state index in [-0.39, 0.29) is 0 Å². The third kappa shape index (κ3) is 2.91. The Hall–Kier alpha value is -1.68. The lowest BCUT2D eigenvalue weighted by atomic mass is 10.2. The molecule has 0 unspecified atom stereocenters. The van der Waals surface area contributed by atoms with Crippen molar-refractivity contribution in [2.24, 2.45) is 4.99 Å². The molecular weight excluding hydrogens is 230 g/mol. The molecule has 1 N–H and O–H groups in total. The van der Waals surface area contributed by atoms with Gasteiger partial charge in [-0.1, -0.05) is 6.92 Å². The molecule has 0 bridgehead atoms. The Labute approximate surface area is 105 Å². The van der Waals surface area contributed by atoms with Crippen molar-refractivity contribution in [3.8, 4) is 0 Å². The molecule has 2 aromatic rings. The maximum absolute atomic E-state index is 4.31. The van der Waals surface area contributed by atoms with Crippen molar-refractivity contribution in [3.63, 3.8) is 0 Å². The molecule has 0 aliphatic rings. The van der Waals surface area contributed by atoms with Crippen molar-refractivity contribution in [1.82, 2.24) is 4.98 Å². The van der Waals surface area contributed by atoms with Crippen molar-refractivity contribution in [2.75, 3.05) is 12.4 Å². The van der Waals surface area contributed by atoms with Crippen molar-refractivity contribution < 1.29 is 0 Å². The molecule has 1 aromatic carbocycles. The van der Waals surface area contributed by atoms with Gasteiger partial charge in [0.25, 0.3) is 0 Å². The largest absolute Gasteiger partial charge is 0.359 e. The summed E-state index contributed by atoms with van der Waals surface area (Å²) in [7, 11) is 1.77. The van der Waals surface area contributed by atoms with Crippen LogP contribution >= 0.6 is 11.3 Å². The molecule has 88 valence electrons. The van der Waals surface area contributed by atoms with Gasteiger partial charge >= 0.3 is 0 Å². The molecule has 3 nitrogen and oxygen atoms in total. The zero-order valence-electron chi connectivity index (χ0n) is 9.97. The molecule has 0 atom stereocenters. The van der Waals surface area contributed by atoms with Crippen LogP contribution in [-0.4, -0.2) is 18.2 Å². The van der Waals surface area contributed by atoms with E-state index >= 15 is 0 Å². The van der Waals surface area contributed by atoms with Crippen LogP contribution in [0.25, 0.3) is 10.2 Å². The number of hydrogen-bond acceptors (Lipinski definition) is 4. The number of aliphatic imine (C=N–C) groups is 1. The summed E-state index contributed by atoms with van der Waals surface area (Å²) >= 11 is 1.66. The molecule has 0 spiro atoms. The first-order valence-corrected chi connectivity index (χ1v) is 6.43. The number of allylic oxidation sites excluding steroid dienone is 2. The Kier molecular flexibility index (Phi) is 3.88. The van der Waals surface area contributed by atoms with E-state index in [9.17, 15) is 0 Å². The highest BCUT2D eigenvalue weighted by Gasteiger charge is 1.99. The number of nitrogens with one attached hydrogen (secondary N) is 1. The molecular formula is C13H15N3S. The summed E-state index contributed by atoms with van der Waals surface area (Å²) in [5.41, 5.74) is 5.13. The van der Waals surface area contributed by atoms with Crippen LogP contribution < -0.4 is 5.32 Å². The molecule has 0 saturated heterocycles. The number of hydrogen-bond donors (Lipinski definition) is 1. The van der Waals surface area contributed by atoms with Crippen LogP contribution in [0.3, 0.4) is 0 Å². The van der Waals surface area contributed by atoms with Gasteiger partial charge in [0, 0.05) is 24.6 Å². The van der Waals surface area contributed by atoms with Gasteiger partial charge < -0.3 is 5.32 Å². The van der Waals surface area contributed by atoms with E-state index in [2.05, 4.69) is 40.4 Å². The summed E-state index contributed by atoms with van der Waals surface area (Å²) in [6.07, 6.45) is 4.74. The first-order chi connectivity index (χ1) is 8.33. The van der Waals surface area contributed by atoms with E-state index in [0.717, 1.165) is 23.3 Å². The maximum atomic E-state index is 4.31. The summed E-state index contributed by atoms with van der Waals surface area (Å²) in [5, 5.41) is 3.38. The Morgan fingerprint density at radius 3 is 3.18 bits per heavy atom. The number of nitrogens with zero attached hydrogens (tertiary/aromatic N) is 2. The first kappa shape index (κ1) is 11.8. The van der Waals surface area contributed by atoms with E-state index in [1.807, 2.05) is 11.6 Å². The average molecular weight is 245 g/mol. The Morgan fingerprint density at radius 2 is 2.41 bits per heavy atom. The average Bonchev–Trinajstić information content (AvgIpc) is 2.81. The van der Waals surface area contributed by atoms with Crippen molar-refractivity contribution in [1.29, 1.82) is 0 Å². The van der Waals surface area contributed by atoms with Gasteiger partial charge in [-0.3, -0.25) is 4.99 Å². The fraction of sp³-hybridized carbons (Fsp3) is 0.231. The summed E-state index contributed by atoms with van der Waals surface area (Å²) in [5.74, 6) is 0. The van der Waals surface area contributed by atoms with Crippen LogP contribution in [0, 0.1) is 0 Å². The normalized spacial score (nSPS) is 12.5. The second-order valence-electron chi connectivity index (χ2n) is 3.61. The number of fused-ring (bicyclic) bond motifs is 1. The van der Waals surface area contributed by atoms with Crippen LogP contribution in [0.4, 0.5) is 5.69 Å². The van der Waals surface area contributed by atoms with Gasteiger partial charge in [0.15, 0.2) is 0 Å². The van der Waals surface area contributed by atoms with E-state index in [0.29, 0.717) is 0 Å². The topological polar surface area (TPSA) is 37.3 Å². The van der Waals surface area contributed by atoms with Gasteiger partial charge in [0.1, 0.15) is 0 Å². The van der Waals surface area contributed by atoms with Crippen LogP contribution in [0.1, 0.15) is 13.3 Å². The molecule has 17 heavy (non-hydrogen) atoms. The van der Waals surface area contributed by atoms with Crippen molar-refractivity contribution >= 4 is 33.5 Å². The Morgan fingerprint density at radius 1 is 1.53 bits per heavy atom. The van der Waals surface area contributed by atoms with Crippen molar-refractivity contribution in [2.45, 2.75) is 13.3 Å². The Balaban J connectivity index is 2.21. The molecule has 1 heterocycles. The van der Waals surface area contributed by atoms with Crippen LogP contribution in [-0.2, 0) is 0 Å². The van der Waals surface area contributed by atoms with Gasteiger partial charge in [-0.25, -0.2) is 4.98 Å². The number of benzene rings is 1. The number of rotatable bonds is 4. The molecule has 0 amide bonds. The molecule has 0 saturated carbocycles. The quantitative estimate of drug-likeness (QED) is 0.834. The molecule has 0 aliphatic carbocycles. The van der Waals surface area contributed by atoms with E-state index in [4.69, 9.17) is 0 Å². The second kappa shape index (κ2) is 5.59. The minimum Gasteiger partial charge on any atom is -0.359 e. The monoisotopic (exact) mass is 245 g/mol. The second-order valence-corrected chi connectivity index (χ2v) is 4.50. The van der Waals surface area contributed by atoms with Crippen molar-refractivity contribution in [3.05, 3.63) is 35.5 Å². The number of anilines is 1. The Bertz CT molecular complexity index is 555. The third-order valence-corrected chi connectivity index (χ3v) is 3.25. The minimum atomic E-state index is 0.946. The smallest absolute Gasteiger partial charge is 0.0832 e. The molecule has 1 aromatic heterocycles. The fourth-order valence-electron chi connectivity index (χ4n) is 1.53. The van der Waals surface area contributed by atoms with Gasteiger partial charge in [-0.15, -0.1) is 11.3 Å². The van der Waals surface area contributed by atoms with E-state index in [1.54, 1.807) is 24.6 Å². The highest BCUT2D eigenvalue weighted by molar-refractivity contribution is 7.16. The first-order valence-electron chi connectivity index (χ1n) is 5.55. The van der Waals surface area contributed by atoms with E-state index < -0.39 is 0 Å². The van der Waals surface area contributed by atoms with Gasteiger partial charge in [-0.2, -0.15) is 0 Å². The zero-order valence-corrected chi connectivity index (χ0v) is 10.8. The maximum Gasteiger partial charge on any atom is 0.0832 e.